The van der Waals surface area contributed by atoms with Crippen LogP contribution >= 0.6 is 13.6 Å². The molecule has 1 rings (SSSR count). The first-order valence-corrected chi connectivity index (χ1v) is 10.5. The first-order chi connectivity index (χ1) is 5.43. The standard InChI is InChI=1S/C9H11.BrH.Zn/c1-2-6-9-7-4-3-5-8-9;;/h3-5,7-8H,1-2,6H2;1H;/q-1;;+2/p-1. The van der Waals surface area contributed by atoms with Crippen molar-refractivity contribution in [1.29, 1.82) is 0 Å². The van der Waals surface area contributed by atoms with Gasteiger partial charge in [0.25, 0.3) is 0 Å². The molecule has 0 spiro atoms. The normalized spacial score (nSPS) is 8.36. The maximum atomic E-state index is 3.78. The van der Waals surface area contributed by atoms with Gasteiger partial charge in [-0.25, -0.2) is 0 Å². The van der Waals surface area contributed by atoms with Gasteiger partial charge in [-0.15, -0.1) is 0 Å². The Hall–Kier alpha value is 0.323. The van der Waals surface area contributed by atoms with Gasteiger partial charge in [0.15, 0.2) is 0 Å². The molecule has 0 nitrogen and oxygen atoms in total. The van der Waals surface area contributed by atoms with Crippen LogP contribution in [0.5, 0.6) is 0 Å². The number of halogens is 1. The number of aryl methyl sites for hydroxylation is 1. The van der Waals surface area contributed by atoms with Crippen molar-refractivity contribution in [2.24, 2.45) is 0 Å². The van der Waals surface area contributed by atoms with Crippen molar-refractivity contribution in [2.45, 2.75) is 12.8 Å². The van der Waals surface area contributed by atoms with Crippen LogP contribution in [0.1, 0.15) is 12.0 Å². The number of benzene rings is 1. The van der Waals surface area contributed by atoms with Gasteiger partial charge >= 0.3 is 30.0 Å². The molecule has 1 aromatic rings. The average Bonchev–Trinajstić information content (AvgIpc) is 2.11. The second-order valence-corrected chi connectivity index (χ2v) is 2.09. The van der Waals surface area contributed by atoms with E-state index in [0.717, 1.165) is 12.8 Å². The van der Waals surface area contributed by atoms with Crippen LogP contribution in [0.15, 0.2) is 30.3 Å². The average molecular weight is 264 g/mol. The van der Waals surface area contributed by atoms with Gasteiger partial charge in [0.05, 0.1) is 0 Å². The molecule has 2 heteroatoms. The number of rotatable bonds is 2. The molecule has 0 bridgehead atoms. The first-order valence-electron chi connectivity index (χ1n) is 3.53. The molecule has 0 aliphatic rings. The van der Waals surface area contributed by atoms with Crippen molar-refractivity contribution in [2.75, 3.05) is 0 Å². The second-order valence-electron chi connectivity index (χ2n) is 2.09. The molecule has 0 aliphatic carbocycles. The molecule has 0 aliphatic heterocycles. The molecule has 0 aromatic heterocycles. The predicted molar refractivity (Wildman–Crippen MR) is 49.0 cm³/mol. The molecule has 0 N–H and O–H groups in total. The van der Waals surface area contributed by atoms with E-state index in [1.165, 1.54) is 21.9 Å². The zero-order valence-electron chi connectivity index (χ0n) is 6.59. The zero-order chi connectivity index (χ0) is 8.53. The Morgan fingerprint density at radius 2 is 1.73 bits per heavy atom. The molecule has 1 aromatic carbocycles. The van der Waals surface area contributed by atoms with E-state index in [1.54, 1.807) is 0 Å². The Balaban J connectivity index is 0.000000461. The van der Waals surface area contributed by atoms with Gasteiger partial charge in [-0.05, 0) is 0 Å². The predicted octanol–water partition coefficient (Wildman–Crippen LogP) is 3.30. The van der Waals surface area contributed by atoms with Gasteiger partial charge in [0, 0.05) is 0 Å². The molecular formula is C9H11BrZn. The molecule has 56 valence electrons. The fourth-order valence-electron chi connectivity index (χ4n) is 0.849. The second kappa shape index (κ2) is 8.42. The van der Waals surface area contributed by atoms with Crippen LogP contribution in [0.2, 0.25) is 0 Å². The van der Waals surface area contributed by atoms with Crippen LogP contribution in [0.4, 0.5) is 0 Å². The topological polar surface area (TPSA) is 0 Å². The Morgan fingerprint density at radius 1 is 1.18 bits per heavy atom. The molecule has 0 atom stereocenters. The van der Waals surface area contributed by atoms with Gasteiger partial charge in [-0.1, -0.05) is 42.3 Å². The minimum atomic E-state index is 0.990. The molecule has 0 saturated heterocycles. The van der Waals surface area contributed by atoms with E-state index < -0.39 is 0 Å². The van der Waals surface area contributed by atoms with E-state index in [9.17, 15) is 0 Å². The Bertz CT molecular complexity index is 162. The minimum absolute atomic E-state index is 0.990. The fourth-order valence-corrected chi connectivity index (χ4v) is 0.849. The fraction of sp³-hybridized carbons (Fsp3) is 0.222. The summed E-state index contributed by atoms with van der Waals surface area (Å²) in [5.41, 5.74) is 1.38. The van der Waals surface area contributed by atoms with Crippen molar-refractivity contribution >= 4 is 13.6 Å². The van der Waals surface area contributed by atoms with E-state index in [0.29, 0.717) is 0 Å². The molecule has 0 fully saturated rings. The van der Waals surface area contributed by atoms with Gasteiger partial charge in [-0.2, -0.15) is 6.42 Å². The van der Waals surface area contributed by atoms with Crippen LogP contribution in [0.25, 0.3) is 0 Å². The summed E-state index contributed by atoms with van der Waals surface area (Å²) >= 11 is 4.25. The van der Waals surface area contributed by atoms with Crippen molar-refractivity contribution in [3.05, 3.63) is 42.8 Å². The summed E-state index contributed by atoms with van der Waals surface area (Å²) in [4.78, 5) is 0. The summed E-state index contributed by atoms with van der Waals surface area (Å²) in [6.07, 6.45) is 2.09. The van der Waals surface area contributed by atoms with E-state index in [2.05, 4.69) is 44.8 Å². The number of hydrogen-bond donors (Lipinski definition) is 0. The van der Waals surface area contributed by atoms with E-state index in [4.69, 9.17) is 0 Å². The van der Waals surface area contributed by atoms with Crippen LogP contribution in [-0.2, 0) is 22.8 Å². The van der Waals surface area contributed by atoms with Crippen LogP contribution in [0, 0.1) is 6.92 Å². The van der Waals surface area contributed by atoms with Crippen molar-refractivity contribution < 1.29 is 16.3 Å². The quantitative estimate of drug-likeness (QED) is 0.568. The van der Waals surface area contributed by atoms with Crippen LogP contribution < -0.4 is 0 Å². The van der Waals surface area contributed by atoms with E-state index in [1.807, 2.05) is 6.07 Å². The van der Waals surface area contributed by atoms with Crippen LogP contribution in [-0.4, -0.2) is 0 Å². The summed E-state index contributed by atoms with van der Waals surface area (Å²) < 4.78 is 0. The molecule has 11 heavy (non-hydrogen) atoms. The zero-order valence-corrected chi connectivity index (χ0v) is 11.1. The Labute approximate surface area is 85.4 Å². The first kappa shape index (κ1) is 11.3. The third kappa shape index (κ3) is 5.58. The summed E-state index contributed by atoms with van der Waals surface area (Å²) in [7, 11) is 0. The van der Waals surface area contributed by atoms with E-state index >= 15 is 0 Å². The molecular weight excluding hydrogens is 253 g/mol. The third-order valence-corrected chi connectivity index (χ3v) is 1.31. The summed E-state index contributed by atoms with van der Waals surface area (Å²) in [6.45, 7) is 3.78. The molecule has 0 radical (unpaired) electrons. The van der Waals surface area contributed by atoms with E-state index in [-0.39, 0.29) is 0 Å². The molecule has 0 unspecified atom stereocenters. The maximum absolute atomic E-state index is 3.78. The summed E-state index contributed by atoms with van der Waals surface area (Å²) in [5.74, 6) is 0. The molecule has 0 heterocycles. The Morgan fingerprint density at radius 3 is 2.18 bits per heavy atom. The SMILES string of the molecule is [CH2-]CCc1ccccc1.[Zn+][Br]. The van der Waals surface area contributed by atoms with Crippen molar-refractivity contribution in [3.8, 4) is 0 Å². The van der Waals surface area contributed by atoms with Crippen molar-refractivity contribution in [3.63, 3.8) is 0 Å². The molecule has 0 saturated carbocycles. The summed E-state index contributed by atoms with van der Waals surface area (Å²) in [6, 6.07) is 10.4. The van der Waals surface area contributed by atoms with Gasteiger partial charge in [-0.3, -0.25) is 0 Å². The summed E-state index contributed by atoms with van der Waals surface area (Å²) in [5, 5.41) is 0. The van der Waals surface area contributed by atoms with Crippen molar-refractivity contribution in [1.82, 2.24) is 0 Å². The van der Waals surface area contributed by atoms with Gasteiger partial charge < -0.3 is 6.92 Å². The van der Waals surface area contributed by atoms with Crippen LogP contribution in [0.3, 0.4) is 0 Å². The molecule has 0 amide bonds. The monoisotopic (exact) mass is 262 g/mol. The Kier molecular flexibility index (Phi) is 8.67. The number of hydrogen-bond acceptors (Lipinski definition) is 0. The third-order valence-electron chi connectivity index (χ3n) is 1.31. The van der Waals surface area contributed by atoms with Gasteiger partial charge in [0.2, 0.25) is 0 Å². The van der Waals surface area contributed by atoms with Gasteiger partial charge in [0.1, 0.15) is 0 Å².